The van der Waals surface area contributed by atoms with Crippen molar-refractivity contribution < 1.29 is 14.3 Å². The molecule has 0 radical (unpaired) electrons. The summed E-state index contributed by atoms with van der Waals surface area (Å²) in [5, 5.41) is 0.351. The summed E-state index contributed by atoms with van der Waals surface area (Å²) in [6.07, 6.45) is 3.51. The number of aromatic nitrogens is 1. The van der Waals surface area contributed by atoms with E-state index in [1.54, 1.807) is 12.1 Å². The number of unbranched alkanes of at least 4 members (excludes halogenated alkanes) is 1. The lowest BCUT2D eigenvalue weighted by Crippen LogP contribution is -2.11. The summed E-state index contributed by atoms with van der Waals surface area (Å²) in [5.74, 6) is -0.409. The summed E-state index contributed by atoms with van der Waals surface area (Å²) in [7, 11) is 0. The Hall–Kier alpha value is -1.13. The minimum atomic E-state index is -0.409. The van der Waals surface area contributed by atoms with Crippen molar-refractivity contribution in [3.05, 3.63) is 29.0 Å². The normalized spacial score (nSPS) is 10.2. The van der Waals surface area contributed by atoms with Crippen LogP contribution in [-0.2, 0) is 9.47 Å². The minimum absolute atomic E-state index is 0.255. The first-order chi connectivity index (χ1) is 8.24. The predicted molar refractivity (Wildman–Crippen MR) is 65.3 cm³/mol. The summed E-state index contributed by atoms with van der Waals surface area (Å²) in [6.45, 7) is 3.48. The quantitative estimate of drug-likeness (QED) is 0.428. The molecule has 0 spiro atoms. The first kappa shape index (κ1) is 13.9. The molecule has 0 unspecified atom stereocenters. The first-order valence-corrected chi connectivity index (χ1v) is 5.98. The Morgan fingerprint density at radius 2 is 2.18 bits per heavy atom. The lowest BCUT2D eigenvalue weighted by molar-refractivity contribution is 0.0313. The monoisotopic (exact) mass is 257 g/mol. The van der Waals surface area contributed by atoms with Crippen molar-refractivity contribution in [2.75, 3.05) is 19.8 Å². The van der Waals surface area contributed by atoms with Gasteiger partial charge in [-0.05, 0) is 18.6 Å². The third-order valence-electron chi connectivity index (χ3n) is 2.07. The molecule has 1 aromatic heterocycles. The number of rotatable bonds is 7. The summed E-state index contributed by atoms with van der Waals surface area (Å²) < 4.78 is 10.3. The molecule has 0 fully saturated rings. The maximum Gasteiger partial charge on any atom is 0.339 e. The van der Waals surface area contributed by atoms with Gasteiger partial charge >= 0.3 is 5.97 Å². The molecule has 94 valence electrons. The van der Waals surface area contributed by atoms with Crippen LogP contribution in [0.1, 0.15) is 30.1 Å². The van der Waals surface area contributed by atoms with Gasteiger partial charge in [-0.1, -0.05) is 24.9 Å². The standard InChI is InChI=1S/C12H16ClNO3/c1-2-3-6-16-7-8-17-12(15)10-4-5-11(13)14-9-10/h4-5,9H,2-3,6-8H2,1H3. The lowest BCUT2D eigenvalue weighted by atomic mass is 10.3. The van der Waals surface area contributed by atoms with E-state index in [2.05, 4.69) is 11.9 Å². The van der Waals surface area contributed by atoms with Gasteiger partial charge in [0.1, 0.15) is 11.8 Å². The van der Waals surface area contributed by atoms with Gasteiger partial charge in [0, 0.05) is 12.8 Å². The molecule has 0 N–H and O–H groups in total. The van der Waals surface area contributed by atoms with Crippen molar-refractivity contribution >= 4 is 17.6 Å². The van der Waals surface area contributed by atoms with Crippen LogP contribution in [-0.4, -0.2) is 30.8 Å². The maximum absolute atomic E-state index is 11.5. The average molecular weight is 258 g/mol. The zero-order valence-electron chi connectivity index (χ0n) is 9.82. The van der Waals surface area contributed by atoms with Crippen LogP contribution in [0.5, 0.6) is 0 Å². The molecule has 0 atom stereocenters. The largest absolute Gasteiger partial charge is 0.460 e. The minimum Gasteiger partial charge on any atom is -0.460 e. The number of carbonyl (C=O) groups is 1. The van der Waals surface area contributed by atoms with E-state index < -0.39 is 5.97 Å². The smallest absolute Gasteiger partial charge is 0.339 e. The summed E-state index contributed by atoms with van der Waals surface area (Å²) in [6, 6.07) is 3.13. The van der Waals surface area contributed by atoms with Crippen molar-refractivity contribution in [3.8, 4) is 0 Å². The number of esters is 1. The van der Waals surface area contributed by atoms with Gasteiger partial charge in [0.2, 0.25) is 0 Å². The molecule has 1 rings (SSSR count). The second-order valence-corrected chi connectivity index (χ2v) is 3.86. The molecule has 0 bridgehead atoms. The van der Waals surface area contributed by atoms with Crippen LogP contribution in [0.4, 0.5) is 0 Å². The molecule has 4 nitrogen and oxygen atoms in total. The van der Waals surface area contributed by atoms with E-state index >= 15 is 0 Å². The molecule has 0 saturated carbocycles. The highest BCUT2D eigenvalue weighted by molar-refractivity contribution is 6.29. The van der Waals surface area contributed by atoms with Crippen LogP contribution < -0.4 is 0 Å². The van der Waals surface area contributed by atoms with E-state index in [0.717, 1.165) is 12.8 Å². The Kier molecular flexibility index (Phi) is 6.58. The van der Waals surface area contributed by atoms with Gasteiger partial charge in [-0.15, -0.1) is 0 Å². The number of hydrogen-bond acceptors (Lipinski definition) is 4. The zero-order valence-corrected chi connectivity index (χ0v) is 10.6. The molecule has 0 amide bonds. The third kappa shape index (κ3) is 5.65. The molecule has 0 saturated heterocycles. The Morgan fingerprint density at radius 1 is 1.35 bits per heavy atom. The predicted octanol–water partition coefficient (Wildman–Crippen LogP) is 2.71. The number of hydrogen-bond donors (Lipinski definition) is 0. The Morgan fingerprint density at radius 3 is 2.82 bits per heavy atom. The van der Waals surface area contributed by atoms with Crippen LogP contribution in [0.3, 0.4) is 0 Å². The molecule has 5 heteroatoms. The van der Waals surface area contributed by atoms with Crippen molar-refractivity contribution in [1.29, 1.82) is 0 Å². The zero-order chi connectivity index (χ0) is 12.5. The summed E-state index contributed by atoms with van der Waals surface area (Å²) in [5.41, 5.74) is 0.392. The van der Waals surface area contributed by atoms with E-state index in [1.807, 2.05) is 0 Å². The number of nitrogens with zero attached hydrogens (tertiary/aromatic N) is 1. The molecule has 0 aliphatic heterocycles. The molecular formula is C12H16ClNO3. The van der Waals surface area contributed by atoms with E-state index in [4.69, 9.17) is 21.1 Å². The second-order valence-electron chi connectivity index (χ2n) is 3.47. The van der Waals surface area contributed by atoms with Crippen LogP contribution >= 0.6 is 11.6 Å². The first-order valence-electron chi connectivity index (χ1n) is 5.60. The van der Waals surface area contributed by atoms with Gasteiger partial charge in [-0.2, -0.15) is 0 Å². The van der Waals surface area contributed by atoms with Gasteiger partial charge in [-0.3, -0.25) is 0 Å². The average Bonchev–Trinajstić information content (AvgIpc) is 2.34. The highest BCUT2D eigenvalue weighted by Gasteiger charge is 2.06. The van der Waals surface area contributed by atoms with E-state index in [-0.39, 0.29) is 6.61 Å². The fraction of sp³-hybridized carbons (Fsp3) is 0.500. The van der Waals surface area contributed by atoms with Gasteiger partial charge in [0.15, 0.2) is 0 Å². The maximum atomic E-state index is 11.5. The third-order valence-corrected chi connectivity index (χ3v) is 2.29. The molecule has 1 aromatic rings. The number of pyridine rings is 1. The van der Waals surface area contributed by atoms with Crippen molar-refractivity contribution in [2.45, 2.75) is 19.8 Å². The second kappa shape index (κ2) is 8.03. The molecule has 1 heterocycles. The number of ether oxygens (including phenoxy) is 2. The van der Waals surface area contributed by atoms with Crippen LogP contribution in [0, 0.1) is 0 Å². The number of halogens is 1. The molecule has 0 aliphatic carbocycles. The van der Waals surface area contributed by atoms with Crippen molar-refractivity contribution in [2.24, 2.45) is 0 Å². The summed E-state index contributed by atoms with van der Waals surface area (Å²) >= 11 is 5.61. The fourth-order valence-electron chi connectivity index (χ4n) is 1.12. The van der Waals surface area contributed by atoms with E-state index in [0.29, 0.717) is 23.9 Å². The lowest BCUT2D eigenvalue weighted by Gasteiger charge is -2.05. The van der Waals surface area contributed by atoms with Crippen LogP contribution in [0.2, 0.25) is 5.15 Å². The van der Waals surface area contributed by atoms with Crippen molar-refractivity contribution in [3.63, 3.8) is 0 Å². The Labute approximate surface area is 106 Å². The van der Waals surface area contributed by atoms with Crippen LogP contribution in [0.15, 0.2) is 18.3 Å². The van der Waals surface area contributed by atoms with E-state index in [9.17, 15) is 4.79 Å². The molecule has 17 heavy (non-hydrogen) atoms. The Balaban J connectivity index is 2.19. The molecule has 0 aliphatic rings. The SMILES string of the molecule is CCCCOCCOC(=O)c1ccc(Cl)nc1. The highest BCUT2D eigenvalue weighted by atomic mass is 35.5. The summed E-state index contributed by atoms with van der Waals surface area (Å²) in [4.78, 5) is 15.3. The highest BCUT2D eigenvalue weighted by Crippen LogP contribution is 2.06. The Bertz CT molecular complexity index is 340. The number of carbonyl (C=O) groups excluding carboxylic acids is 1. The van der Waals surface area contributed by atoms with E-state index in [1.165, 1.54) is 6.20 Å². The van der Waals surface area contributed by atoms with Gasteiger partial charge in [0.25, 0.3) is 0 Å². The fourth-order valence-corrected chi connectivity index (χ4v) is 1.23. The van der Waals surface area contributed by atoms with Gasteiger partial charge in [0.05, 0.1) is 12.2 Å². The molecular weight excluding hydrogens is 242 g/mol. The van der Waals surface area contributed by atoms with Crippen molar-refractivity contribution in [1.82, 2.24) is 4.98 Å². The van der Waals surface area contributed by atoms with Crippen LogP contribution in [0.25, 0.3) is 0 Å². The van der Waals surface area contributed by atoms with Gasteiger partial charge < -0.3 is 9.47 Å². The molecule has 0 aromatic carbocycles. The topological polar surface area (TPSA) is 48.4 Å². The van der Waals surface area contributed by atoms with Gasteiger partial charge in [-0.25, -0.2) is 9.78 Å².